The molecule has 0 aromatic rings. The highest BCUT2D eigenvalue weighted by molar-refractivity contribution is 5.79. The van der Waals surface area contributed by atoms with E-state index in [1.54, 1.807) is 0 Å². The van der Waals surface area contributed by atoms with Crippen molar-refractivity contribution in [2.45, 2.75) is 33.1 Å². The summed E-state index contributed by atoms with van der Waals surface area (Å²) in [5.41, 5.74) is 0.319. The number of piperidine rings is 1. The Morgan fingerprint density at radius 3 is 2.87 bits per heavy atom. The van der Waals surface area contributed by atoms with Gasteiger partial charge in [0.2, 0.25) is 5.91 Å². The Labute approximate surface area is 92.2 Å². The van der Waals surface area contributed by atoms with E-state index in [-0.39, 0.29) is 5.92 Å². The predicted molar refractivity (Wildman–Crippen MR) is 60.6 cm³/mol. The standard InChI is InChI=1S/C12H22N2O/c1-12(2)5-3-7-14(9-12)11(15)10-4-6-13-8-10/h10,13H,3-9H2,1-2H3. The van der Waals surface area contributed by atoms with E-state index in [1.807, 2.05) is 0 Å². The van der Waals surface area contributed by atoms with Crippen molar-refractivity contribution in [3.63, 3.8) is 0 Å². The topological polar surface area (TPSA) is 32.3 Å². The molecule has 3 nitrogen and oxygen atoms in total. The maximum atomic E-state index is 12.2. The molecule has 1 amide bonds. The summed E-state index contributed by atoms with van der Waals surface area (Å²) in [6.45, 7) is 8.34. The maximum Gasteiger partial charge on any atom is 0.227 e. The van der Waals surface area contributed by atoms with Gasteiger partial charge in [0.15, 0.2) is 0 Å². The van der Waals surface area contributed by atoms with Gasteiger partial charge in [-0.15, -0.1) is 0 Å². The van der Waals surface area contributed by atoms with Crippen LogP contribution in [-0.4, -0.2) is 37.0 Å². The molecule has 2 heterocycles. The number of likely N-dealkylation sites (tertiary alicyclic amines) is 1. The molecule has 0 saturated carbocycles. The first kappa shape index (κ1) is 10.9. The first-order chi connectivity index (χ1) is 7.08. The van der Waals surface area contributed by atoms with Crippen LogP contribution in [0, 0.1) is 11.3 Å². The fourth-order valence-electron chi connectivity index (χ4n) is 2.74. The van der Waals surface area contributed by atoms with Gasteiger partial charge in [-0.3, -0.25) is 4.79 Å². The summed E-state index contributed by atoms with van der Waals surface area (Å²) in [7, 11) is 0. The van der Waals surface area contributed by atoms with Gasteiger partial charge in [-0.05, 0) is 31.2 Å². The zero-order valence-electron chi connectivity index (χ0n) is 9.88. The number of hydrogen-bond acceptors (Lipinski definition) is 2. The van der Waals surface area contributed by atoms with Crippen molar-refractivity contribution in [2.75, 3.05) is 26.2 Å². The molecular formula is C12H22N2O. The number of nitrogens with zero attached hydrogens (tertiary/aromatic N) is 1. The van der Waals surface area contributed by atoms with Gasteiger partial charge in [0.05, 0.1) is 5.92 Å². The molecule has 2 fully saturated rings. The first-order valence-electron chi connectivity index (χ1n) is 6.08. The van der Waals surface area contributed by atoms with Crippen LogP contribution in [-0.2, 0) is 4.79 Å². The van der Waals surface area contributed by atoms with Crippen LogP contribution < -0.4 is 5.32 Å². The Bertz CT molecular complexity index is 244. The third-order valence-electron chi connectivity index (χ3n) is 3.62. The van der Waals surface area contributed by atoms with Crippen LogP contribution >= 0.6 is 0 Å². The summed E-state index contributed by atoms with van der Waals surface area (Å²) in [4.78, 5) is 14.3. The molecule has 1 unspecified atom stereocenters. The molecule has 2 saturated heterocycles. The first-order valence-corrected chi connectivity index (χ1v) is 6.08. The van der Waals surface area contributed by atoms with Gasteiger partial charge in [-0.25, -0.2) is 0 Å². The second-order valence-electron chi connectivity index (χ2n) is 5.72. The van der Waals surface area contributed by atoms with Crippen molar-refractivity contribution in [3.05, 3.63) is 0 Å². The van der Waals surface area contributed by atoms with Crippen molar-refractivity contribution in [2.24, 2.45) is 11.3 Å². The Morgan fingerprint density at radius 2 is 2.27 bits per heavy atom. The van der Waals surface area contributed by atoms with Gasteiger partial charge >= 0.3 is 0 Å². The number of carbonyl (C=O) groups is 1. The van der Waals surface area contributed by atoms with Crippen LogP contribution in [0.15, 0.2) is 0 Å². The van der Waals surface area contributed by atoms with E-state index in [2.05, 4.69) is 24.1 Å². The lowest BCUT2D eigenvalue weighted by molar-refractivity contribution is -0.138. The highest BCUT2D eigenvalue weighted by atomic mass is 16.2. The van der Waals surface area contributed by atoms with Crippen LogP contribution in [0.25, 0.3) is 0 Å². The molecule has 2 rings (SSSR count). The van der Waals surface area contributed by atoms with Gasteiger partial charge in [-0.1, -0.05) is 13.8 Å². The summed E-state index contributed by atoms with van der Waals surface area (Å²) in [5, 5.41) is 3.27. The van der Waals surface area contributed by atoms with E-state index in [1.165, 1.54) is 12.8 Å². The number of nitrogens with one attached hydrogen (secondary N) is 1. The van der Waals surface area contributed by atoms with Crippen LogP contribution in [0.2, 0.25) is 0 Å². The predicted octanol–water partition coefficient (Wildman–Crippen LogP) is 1.24. The normalized spacial score (nSPS) is 30.5. The summed E-state index contributed by atoms with van der Waals surface area (Å²) in [6.07, 6.45) is 3.44. The van der Waals surface area contributed by atoms with Crippen molar-refractivity contribution in [1.29, 1.82) is 0 Å². The molecule has 0 radical (unpaired) electrons. The molecule has 15 heavy (non-hydrogen) atoms. The summed E-state index contributed by atoms with van der Waals surface area (Å²) < 4.78 is 0. The quantitative estimate of drug-likeness (QED) is 0.706. The maximum absolute atomic E-state index is 12.2. The van der Waals surface area contributed by atoms with E-state index in [4.69, 9.17) is 0 Å². The minimum atomic E-state index is 0.249. The van der Waals surface area contributed by atoms with Crippen LogP contribution in [0.3, 0.4) is 0 Å². The fraction of sp³-hybridized carbons (Fsp3) is 0.917. The molecule has 3 heteroatoms. The second-order valence-corrected chi connectivity index (χ2v) is 5.72. The Morgan fingerprint density at radius 1 is 1.47 bits per heavy atom. The monoisotopic (exact) mass is 210 g/mol. The van der Waals surface area contributed by atoms with Gasteiger partial charge in [0, 0.05) is 19.6 Å². The molecule has 2 aliphatic rings. The average molecular weight is 210 g/mol. The van der Waals surface area contributed by atoms with Gasteiger partial charge < -0.3 is 10.2 Å². The largest absolute Gasteiger partial charge is 0.342 e. The van der Waals surface area contributed by atoms with E-state index in [0.29, 0.717) is 11.3 Å². The van der Waals surface area contributed by atoms with Crippen LogP contribution in [0.5, 0.6) is 0 Å². The number of amides is 1. The number of rotatable bonds is 1. The third kappa shape index (κ3) is 2.51. The molecule has 0 spiro atoms. The van der Waals surface area contributed by atoms with Crippen molar-refractivity contribution in [1.82, 2.24) is 10.2 Å². The van der Waals surface area contributed by atoms with Crippen molar-refractivity contribution < 1.29 is 4.79 Å². The van der Waals surface area contributed by atoms with Gasteiger partial charge in [0.1, 0.15) is 0 Å². The zero-order chi connectivity index (χ0) is 10.9. The fourth-order valence-corrected chi connectivity index (χ4v) is 2.74. The van der Waals surface area contributed by atoms with Crippen LogP contribution in [0.1, 0.15) is 33.1 Å². The number of carbonyl (C=O) groups excluding carboxylic acids is 1. The Balaban J connectivity index is 1.94. The lowest BCUT2D eigenvalue weighted by Gasteiger charge is -2.39. The molecule has 0 aromatic heterocycles. The van der Waals surface area contributed by atoms with Crippen LogP contribution in [0.4, 0.5) is 0 Å². The van der Waals surface area contributed by atoms with E-state index >= 15 is 0 Å². The zero-order valence-corrected chi connectivity index (χ0v) is 9.88. The smallest absolute Gasteiger partial charge is 0.227 e. The Hall–Kier alpha value is -0.570. The summed E-state index contributed by atoms with van der Waals surface area (Å²) >= 11 is 0. The molecular weight excluding hydrogens is 188 g/mol. The van der Waals surface area contributed by atoms with E-state index in [0.717, 1.165) is 32.6 Å². The molecule has 0 aliphatic carbocycles. The molecule has 2 aliphatic heterocycles. The minimum absolute atomic E-state index is 0.249. The van der Waals surface area contributed by atoms with E-state index in [9.17, 15) is 4.79 Å². The van der Waals surface area contributed by atoms with Crippen molar-refractivity contribution in [3.8, 4) is 0 Å². The molecule has 0 aromatic carbocycles. The van der Waals surface area contributed by atoms with Gasteiger partial charge in [-0.2, -0.15) is 0 Å². The SMILES string of the molecule is CC1(C)CCCN(C(=O)C2CCNC2)C1. The second kappa shape index (κ2) is 4.12. The third-order valence-corrected chi connectivity index (χ3v) is 3.62. The number of hydrogen-bond donors (Lipinski definition) is 1. The lowest BCUT2D eigenvalue weighted by atomic mass is 9.83. The Kier molecular flexibility index (Phi) is 3.01. The average Bonchev–Trinajstić information content (AvgIpc) is 2.67. The lowest BCUT2D eigenvalue weighted by Crippen LogP contribution is -2.46. The minimum Gasteiger partial charge on any atom is -0.342 e. The van der Waals surface area contributed by atoms with Crippen molar-refractivity contribution >= 4 is 5.91 Å². The summed E-state index contributed by atoms with van der Waals surface area (Å²) in [6, 6.07) is 0. The molecule has 86 valence electrons. The molecule has 0 bridgehead atoms. The van der Waals surface area contributed by atoms with E-state index < -0.39 is 0 Å². The molecule has 1 atom stereocenters. The van der Waals surface area contributed by atoms with Gasteiger partial charge in [0.25, 0.3) is 0 Å². The highest BCUT2D eigenvalue weighted by Gasteiger charge is 2.33. The molecule has 1 N–H and O–H groups in total. The summed E-state index contributed by atoms with van der Waals surface area (Å²) in [5.74, 6) is 0.631. The highest BCUT2D eigenvalue weighted by Crippen LogP contribution is 2.29.